The first-order chi connectivity index (χ1) is 14.6. The van der Waals surface area contributed by atoms with Crippen LogP contribution < -0.4 is 5.32 Å². The Morgan fingerprint density at radius 3 is 2.10 bits per heavy atom. The van der Waals surface area contributed by atoms with Crippen LogP contribution in [0.5, 0.6) is 0 Å². The van der Waals surface area contributed by atoms with Crippen LogP contribution in [-0.4, -0.2) is 27.7 Å². The van der Waals surface area contributed by atoms with E-state index in [2.05, 4.69) is 10.3 Å². The minimum absolute atomic E-state index is 0.0331. The van der Waals surface area contributed by atoms with Gasteiger partial charge in [0, 0.05) is 31.9 Å². The number of carbonyl (C=O) groups excluding carboxylic acids is 2. The minimum atomic E-state index is -0.574. The van der Waals surface area contributed by atoms with E-state index in [0.717, 1.165) is 16.7 Å². The molecule has 3 rings (SSSR count). The summed E-state index contributed by atoms with van der Waals surface area (Å²) in [6.45, 7) is 2.59. The lowest BCUT2D eigenvalue weighted by atomic mass is 10.1. The summed E-state index contributed by atoms with van der Waals surface area (Å²) in [5, 5.41) is 2.93. The van der Waals surface area contributed by atoms with Crippen molar-refractivity contribution in [1.29, 1.82) is 0 Å². The molecule has 0 spiro atoms. The van der Waals surface area contributed by atoms with Gasteiger partial charge in [-0.1, -0.05) is 60.7 Å². The van der Waals surface area contributed by atoms with Gasteiger partial charge in [-0.05, 0) is 42.2 Å². The van der Waals surface area contributed by atoms with Gasteiger partial charge >= 0.3 is 0 Å². The van der Waals surface area contributed by atoms with Gasteiger partial charge < -0.3 is 10.2 Å². The zero-order chi connectivity index (χ0) is 21.2. The van der Waals surface area contributed by atoms with Crippen molar-refractivity contribution in [3.8, 4) is 0 Å². The second kappa shape index (κ2) is 10.9. The van der Waals surface area contributed by atoms with Gasteiger partial charge in [-0.3, -0.25) is 14.6 Å². The van der Waals surface area contributed by atoms with Gasteiger partial charge in [0.1, 0.15) is 6.04 Å². The van der Waals surface area contributed by atoms with E-state index in [1.165, 1.54) is 0 Å². The molecule has 0 saturated carbocycles. The Kier molecular flexibility index (Phi) is 7.72. The van der Waals surface area contributed by atoms with E-state index in [0.29, 0.717) is 25.9 Å². The number of carbonyl (C=O) groups is 2. The molecule has 0 saturated heterocycles. The molecule has 30 heavy (non-hydrogen) atoms. The normalized spacial score (nSPS) is 11.5. The first kappa shape index (κ1) is 21.2. The molecule has 2 aromatic carbocycles. The molecule has 1 atom stereocenters. The predicted molar refractivity (Wildman–Crippen MR) is 117 cm³/mol. The molecule has 154 valence electrons. The van der Waals surface area contributed by atoms with Gasteiger partial charge in [0.2, 0.25) is 11.8 Å². The Labute approximate surface area is 177 Å². The number of nitrogens with one attached hydrogen (secondary N) is 1. The molecule has 0 aliphatic rings. The summed E-state index contributed by atoms with van der Waals surface area (Å²) in [5.41, 5.74) is 3.08. The van der Waals surface area contributed by atoms with Gasteiger partial charge in [0.25, 0.3) is 0 Å². The topological polar surface area (TPSA) is 62.3 Å². The minimum Gasteiger partial charge on any atom is -0.350 e. The smallest absolute Gasteiger partial charge is 0.242 e. The summed E-state index contributed by atoms with van der Waals surface area (Å²) < 4.78 is 0. The maximum Gasteiger partial charge on any atom is 0.242 e. The molecule has 1 N–H and O–H groups in total. The Balaban J connectivity index is 1.67. The summed E-state index contributed by atoms with van der Waals surface area (Å²) in [5.74, 6) is -0.204. The van der Waals surface area contributed by atoms with Crippen LogP contribution in [-0.2, 0) is 29.1 Å². The van der Waals surface area contributed by atoms with E-state index in [1.54, 1.807) is 24.2 Å². The molecule has 0 aliphatic carbocycles. The van der Waals surface area contributed by atoms with E-state index < -0.39 is 6.04 Å². The molecular formula is C25H27N3O2. The molecule has 0 radical (unpaired) electrons. The number of pyridine rings is 1. The van der Waals surface area contributed by atoms with E-state index in [9.17, 15) is 9.59 Å². The standard InChI is InChI=1S/C25H27N3O2/c1-20(25(30)27-18-22-14-16-26-17-15-22)28(19-23-10-6-3-7-11-23)24(29)13-12-21-8-4-2-5-9-21/h2-11,14-17,20H,12-13,18-19H2,1H3,(H,27,30)/t20-/m0/s1. The summed E-state index contributed by atoms with van der Waals surface area (Å²) in [6, 6.07) is 22.8. The van der Waals surface area contributed by atoms with Gasteiger partial charge in [0.15, 0.2) is 0 Å². The number of hydrogen-bond acceptors (Lipinski definition) is 3. The third-order valence-electron chi connectivity index (χ3n) is 5.05. The number of amides is 2. The average Bonchev–Trinajstić information content (AvgIpc) is 2.81. The summed E-state index contributed by atoms with van der Waals surface area (Å²) >= 11 is 0. The Hall–Kier alpha value is -3.47. The number of aromatic nitrogens is 1. The molecule has 5 nitrogen and oxygen atoms in total. The monoisotopic (exact) mass is 401 g/mol. The van der Waals surface area contributed by atoms with Crippen LogP contribution in [0.25, 0.3) is 0 Å². The SMILES string of the molecule is C[C@@H](C(=O)NCc1ccncc1)N(Cc1ccccc1)C(=O)CCc1ccccc1. The van der Waals surface area contributed by atoms with Crippen molar-refractivity contribution in [3.05, 3.63) is 102 Å². The second-order valence-corrected chi connectivity index (χ2v) is 7.24. The number of aryl methyl sites for hydroxylation is 1. The van der Waals surface area contributed by atoms with Crippen molar-refractivity contribution in [3.63, 3.8) is 0 Å². The maximum atomic E-state index is 13.1. The fourth-order valence-electron chi connectivity index (χ4n) is 3.24. The number of hydrogen-bond donors (Lipinski definition) is 1. The molecule has 0 unspecified atom stereocenters. The third-order valence-corrected chi connectivity index (χ3v) is 5.05. The molecule has 2 amide bonds. The highest BCUT2D eigenvalue weighted by Gasteiger charge is 2.25. The highest BCUT2D eigenvalue weighted by molar-refractivity contribution is 5.87. The third kappa shape index (κ3) is 6.27. The molecule has 5 heteroatoms. The largest absolute Gasteiger partial charge is 0.350 e. The lowest BCUT2D eigenvalue weighted by Crippen LogP contribution is -2.47. The molecule has 0 fully saturated rings. The van der Waals surface area contributed by atoms with Crippen molar-refractivity contribution >= 4 is 11.8 Å². The Morgan fingerprint density at radius 2 is 1.47 bits per heavy atom. The lowest BCUT2D eigenvalue weighted by Gasteiger charge is -2.29. The van der Waals surface area contributed by atoms with Crippen LogP contribution in [0.3, 0.4) is 0 Å². The van der Waals surface area contributed by atoms with Crippen LogP contribution in [0, 0.1) is 0 Å². The van der Waals surface area contributed by atoms with Crippen LogP contribution >= 0.6 is 0 Å². The molecule has 1 aromatic heterocycles. The summed E-state index contributed by atoms with van der Waals surface area (Å²) in [4.78, 5) is 31.5. The van der Waals surface area contributed by atoms with Crippen LogP contribution in [0.1, 0.15) is 30.0 Å². The second-order valence-electron chi connectivity index (χ2n) is 7.24. The summed E-state index contributed by atoms with van der Waals surface area (Å²) in [7, 11) is 0. The fraction of sp³-hybridized carbons (Fsp3) is 0.240. The van der Waals surface area contributed by atoms with Crippen molar-refractivity contribution in [1.82, 2.24) is 15.2 Å². The lowest BCUT2D eigenvalue weighted by molar-refractivity contribution is -0.140. The quantitative estimate of drug-likeness (QED) is 0.594. The summed E-state index contributed by atoms with van der Waals surface area (Å²) in [6.07, 6.45) is 4.40. The molecule has 0 bridgehead atoms. The van der Waals surface area contributed by atoms with Crippen molar-refractivity contribution < 1.29 is 9.59 Å². The van der Waals surface area contributed by atoms with Crippen molar-refractivity contribution in [2.75, 3.05) is 0 Å². The molecule has 1 heterocycles. The fourth-order valence-corrected chi connectivity index (χ4v) is 3.24. The van der Waals surface area contributed by atoms with E-state index >= 15 is 0 Å². The average molecular weight is 402 g/mol. The van der Waals surface area contributed by atoms with E-state index in [1.807, 2.05) is 72.8 Å². The van der Waals surface area contributed by atoms with E-state index in [4.69, 9.17) is 0 Å². The first-order valence-electron chi connectivity index (χ1n) is 10.2. The zero-order valence-corrected chi connectivity index (χ0v) is 17.2. The number of benzene rings is 2. The predicted octanol–water partition coefficient (Wildman–Crippen LogP) is 3.75. The Morgan fingerprint density at radius 1 is 0.867 bits per heavy atom. The maximum absolute atomic E-state index is 13.1. The van der Waals surface area contributed by atoms with Crippen LogP contribution in [0.2, 0.25) is 0 Å². The van der Waals surface area contributed by atoms with E-state index in [-0.39, 0.29) is 11.8 Å². The number of rotatable bonds is 9. The first-order valence-corrected chi connectivity index (χ1v) is 10.2. The van der Waals surface area contributed by atoms with Crippen molar-refractivity contribution in [2.45, 2.75) is 38.9 Å². The highest BCUT2D eigenvalue weighted by atomic mass is 16.2. The van der Waals surface area contributed by atoms with Crippen LogP contribution in [0.4, 0.5) is 0 Å². The highest BCUT2D eigenvalue weighted by Crippen LogP contribution is 2.13. The molecule has 0 aliphatic heterocycles. The molecular weight excluding hydrogens is 374 g/mol. The van der Waals surface area contributed by atoms with Gasteiger partial charge in [-0.2, -0.15) is 0 Å². The van der Waals surface area contributed by atoms with Crippen molar-refractivity contribution in [2.24, 2.45) is 0 Å². The Bertz CT molecular complexity index is 930. The number of nitrogens with zero attached hydrogens (tertiary/aromatic N) is 2. The molecule has 3 aromatic rings. The van der Waals surface area contributed by atoms with Gasteiger partial charge in [0.05, 0.1) is 0 Å². The zero-order valence-electron chi connectivity index (χ0n) is 17.2. The van der Waals surface area contributed by atoms with Crippen LogP contribution in [0.15, 0.2) is 85.2 Å². The van der Waals surface area contributed by atoms with Gasteiger partial charge in [-0.25, -0.2) is 0 Å². The van der Waals surface area contributed by atoms with Gasteiger partial charge in [-0.15, -0.1) is 0 Å².